The van der Waals surface area contributed by atoms with Crippen molar-refractivity contribution in [1.29, 1.82) is 0 Å². The van der Waals surface area contributed by atoms with Crippen molar-refractivity contribution in [2.24, 2.45) is 0 Å². The third-order valence-corrected chi connectivity index (χ3v) is 7.49. The lowest BCUT2D eigenvalue weighted by Crippen LogP contribution is -2.35. The predicted octanol–water partition coefficient (Wildman–Crippen LogP) is 2.69. The van der Waals surface area contributed by atoms with E-state index in [4.69, 9.17) is 0 Å². The van der Waals surface area contributed by atoms with Crippen LogP contribution in [0.5, 0.6) is 0 Å². The summed E-state index contributed by atoms with van der Waals surface area (Å²) in [5.41, 5.74) is 3.83. The van der Waals surface area contributed by atoms with E-state index < -0.39 is 9.84 Å². The molecular weight excluding hydrogens is 400 g/mol. The number of hydrogen-bond acceptors (Lipinski definition) is 4. The number of hydrogen-bond donors (Lipinski definition) is 0. The molecule has 2 amide bonds. The number of rotatable bonds is 5. The Labute approximate surface area is 176 Å². The van der Waals surface area contributed by atoms with Crippen LogP contribution < -0.4 is 4.90 Å². The van der Waals surface area contributed by atoms with Gasteiger partial charge in [-0.15, -0.1) is 0 Å². The van der Waals surface area contributed by atoms with Gasteiger partial charge in [0.1, 0.15) is 0 Å². The molecule has 0 bridgehead atoms. The van der Waals surface area contributed by atoms with Crippen molar-refractivity contribution >= 4 is 32.9 Å². The maximum atomic E-state index is 12.7. The summed E-state index contributed by atoms with van der Waals surface area (Å²) in [6.45, 7) is 1.09. The Morgan fingerprint density at radius 1 is 1.10 bits per heavy atom. The Balaban J connectivity index is 1.38. The Kier molecular flexibility index (Phi) is 5.47. The Hall–Kier alpha value is -2.93. The minimum absolute atomic E-state index is 0.0488. The Morgan fingerprint density at radius 3 is 2.57 bits per heavy atom. The van der Waals surface area contributed by atoms with Crippen molar-refractivity contribution < 1.29 is 18.0 Å². The molecule has 2 aliphatic rings. The van der Waals surface area contributed by atoms with Gasteiger partial charge < -0.3 is 9.80 Å². The molecule has 7 heteroatoms. The quantitative estimate of drug-likeness (QED) is 0.740. The number of nitrogens with zero attached hydrogens (tertiary/aromatic N) is 2. The molecule has 0 atom stereocenters. The molecule has 0 aliphatic carbocycles. The van der Waals surface area contributed by atoms with Gasteiger partial charge in [0.25, 0.3) is 0 Å². The summed E-state index contributed by atoms with van der Waals surface area (Å²) in [7, 11) is -1.92. The zero-order chi connectivity index (χ0) is 21.3. The summed E-state index contributed by atoms with van der Waals surface area (Å²) in [6.07, 6.45) is 2.96. The van der Waals surface area contributed by atoms with Crippen LogP contribution in [0.15, 0.2) is 59.5 Å². The maximum Gasteiger partial charge on any atom is 0.231 e. The monoisotopic (exact) mass is 424 g/mol. The molecule has 0 fully saturated rings. The van der Waals surface area contributed by atoms with Crippen molar-refractivity contribution in [3.63, 3.8) is 0 Å². The van der Waals surface area contributed by atoms with Gasteiger partial charge in [-0.05, 0) is 41.3 Å². The first-order valence-corrected chi connectivity index (χ1v) is 11.6. The summed E-state index contributed by atoms with van der Waals surface area (Å²) in [5.74, 6) is -0.444. The smallest absolute Gasteiger partial charge is 0.231 e. The number of sulfone groups is 1. The maximum absolute atomic E-state index is 12.7. The van der Waals surface area contributed by atoms with E-state index >= 15 is 0 Å². The number of fused-ring (bicyclic) bond motifs is 1. The number of amides is 2. The molecule has 2 aromatic carbocycles. The third-order valence-electron chi connectivity index (χ3n) is 5.78. The Morgan fingerprint density at radius 2 is 1.87 bits per heavy atom. The standard InChI is InChI=1S/C23H24N2O4S/c1-24-21-8-7-20(15-19(21)16-23(24)27)30(28,29)14-11-22(26)25-12-9-18(10-13-25)17-5-3-2-4-6-17/h2-9,15H,10-14,16H2,1H3. The summed E-state index contributed by atoms with van der Waals surface area (Å²) in [5, 5.41) is 0. The number of anilines is 1. The second-order valence-electron chi connectivity index (χ2n) is 7.67. The van der Waals surface area contributed by atoms with Crippen molar-refractivity contribution in [1.82, 2.24) is 4.90 Å². The van der Waals surface area contributed by atoms with Gasteiger partial charge in [0.15, 0.2) is 9.84 Å². The fourth-order valence-corrected chi connectivity index (χ4v) is 5.22. The van der Waals surface area contributed by atoms with E-state index in [9.17, 15) is 18.0 Å². The molecule has 2 aliphatic heterocycles. The molecule has 2 heterocycles. The summed E-state index contributed by atoms with van der Waals surface area (Å²) in [6, 6.07) is 14.8. The van der Waals surface area contributed by atoms with E-state index in [1.54, 1.807) is 24.1 Å². The highest BCUT2D eigenvalue weighted by molar-refractivity contribution is 7.91. The first kappa shape index (κ1) is 20.3. The normalized spacial score (nSPS) is 16.4. The SMILES string of the molecule is CN1C(=O)Cc2cc(S(=O)(=O)CCC(=O)N3CC=C(c4ccccc4)CC3)ccc21. The van der Waals surface area contributed by atoms with E-state index in [1.807, 2.05) is 24.3 Å². The molecule has 156 valence electrons. The molecule has 2 aromatic rings. The average molecular weight is 425 g/mol. The molecule has 0 aromatic heterocycles. The molecule has 0 saturated heterocycles. The molecule has 0 saturated carbocycles. The van der Waals surface area contributed by atoms with Crippen LogP contribution in [0.25, 0.3) is 5.57 Å². The van der Waals surface area contributed by atoms with Crippen molar-refractivity contribution in [2.45, 2.75) is 24.2 Å². The van der Waals surface area contributed by atoms with Crippen LogP contribution in [-0.4, -0.2) is 51.0 Å². The van der Waals surface area contributed by atoms with E-state index in [2.05, 4.69) is 12.1 Å². The predicted molar refractivity (Wildman–Crippen MR) is 116 cm³/mol. The van der Waals surface area contributed by atoms with E-state index in [0.29, 0.717) is 18.7 Å². The molecule has 0 N–H and O–H groups in total. The fourth-order valence-electron chi connectivity index (χ4n) is 3.95. The zero-order valence-electron chi connectivity index (χ0n) is 16.9. The molecule has 4 rings (SSSR count). The van der Waals surface area contributed by atoms with Crippen LogP contribution in [0.4, 0.5) is 5.69 Å². The summed E-state index contributed by atoms with van der Waals surface area (Å²) < 4.78 is 25.5. The number of likely N-dealkylation sites (N-methyl/N-ethyl adjacent to an activating group) is 1. The lowest BCUT2D eigenvalue weighted by atomic mass is 9.99. The van der Waals surface area contributed by atoms with Crippen LogP contribution in [0.1, 0.15) is 24.0 Å². The van der Waals surface area contributed by atoms with Crippen LogP contribution in [0.2, 0.25) is 0 Å². The molecule has 0 radical (unpaired) electrons. The number of benzene rings is 2. The van der Waals surface area contributed by atoms with E-state index in [0.717, 1.165) is 17.7 Å². The summed E-state index contributed by atoms with van der Waals surface area (Å²) in [4.78, 5) is 27.8. The number of carbonyl (C=O) groups excluding carboxylic acids is 2. The highest BCUT2D eigenvalue weighted by atomic mass is 32.2. The second-order valence-corrected chi connectivity index (χ2v) is 9.78. The first-order chi connectivity index (χ1) is 14.3. The Bertz CT molecular complexity index is 1120. The highest BCUT2D eigenvalue weighted by Crippen LogP contribution is 2.30. The second kappa shape index (κ2) is 8.07. The zero-order valence-corrected chi connectivity index (χ0v) is 17.7. The third kappa shape index (κ3) is 4.03. The van der Waals surface area contributed by atoms with Gasteiger partial charge in [0.05, 0.1) is 17.1 Å². The van der Waals surface area contributed by atoms with Gasteiger partial charge in [-0.1, -0.05) is 36.4 Å². The van der Waals surface area contributed by atoms with E-state index in [-0.39, 0.29) is 35.3 Å². The van der Waals surface area contributed by atoms with Crippen molar-refractivity contribution in [3.8, 4) is 0 Å². The van der Waals surface area contributed by atoms with Gasteiger partial charge in [-0.25, -0.2) is 8.42 Å². The van der Waals surface area contributed by atoms with Crippen LogP contribution in [0, 0.1) is 0 Å². The van der Waals surface area contributed by atoms with Crippen molar-refractivity contribution in [2.75, 3.05) is 30.8 Å². The van der Waals surface area contributed by atoms with Gasteiger partial charge in [0.2, 0.25) is 11.8 Å². The average Bonchev–Trinajstić information content (AvgIpc) is 3.06. The number of carbonyl (C=O) groups is 2. The lowest BCUT2D eigenvalue weighted by Gasteiger charge is -2.26. The topological polar surface area (TPSA) is 74.8 Å². The van der Waals surface area contributed by atoms with Gasteiger partial charge in [-0.3, -0.25) is 9.59 Å². The molecule has 0 spiro atoms. The lowest BCUT2D eigenvalue weighted by molar-refractivity contribution is -0.130. The minimum Gasteiger partial charge on any atom is -0.339 e. The van der Waals surface area contributed by atoms with Crippen LogP contribution >= 0.6 is 0 Å². The summed E-state index contributed by atoms with van der Waals surface area (Å²) >= 11 is 0. The van der Waals surface area contributed by atoms with Crippen molar-refractivity contribution in [3.05, 3.63) is 65.7 Å². The van der Waals surface area contributed by atoms with Gasteiger partial charge in [-0.2, -0.15) is 0 Å². The fraction of sp³-hybridized carbons (Fsp3) is 0.304. The van der Waals surface area contributed by atoms with Crippen LogP contribution in [-0.2, 0) is 25.8 Å². The van der Waals surface area contributed by atoms with Crippen LogP contribution in [0.3, 0.4) is 0 Å². The molecule has 0 unspecified atom stereocenters. The minimum atomic E-state index is -3.60. The molecule has 30 heavy (non-hydrogen) atoms. The molecule has 6 nitrogen and oxygen atoms in total. The van der Waals surface area contributed by atoms with Gasteiger partial charge >= 0.3 is 0 Å². The van der Waals surface area contributed by atoms with E-state index in [1.165, 1.54) is 16.5 Å². The first-order valence-electron chi connectivity index (χ1n) is 9.99. The molecular formula is C23H24N2O4S. The van der Waals surface area contributed by atoms with Gasteiger partial charge in [0, 0.05) is 32.2 Å². The highest BCUT2D eigenvalue weighted by Gasteiger charge is 2.27. The largest absolute Gasteiger partial charge is 0.339 e.